The third-order valence-electron chi connectivity index (χ3n) is 3.90. The van der Waals surface area contributed by atoms with Gasteiger partial charge < -0.3 is 9.30 Å². The number of benzene rings is 1. The molecule has 0 aliphatic rings. The van der Waals surface area contributed by atoms with Crippen molar-refractivity contribution in [3.05, 3.63) is 57.5 Å². The van der Waals surface area contributed by atoms with E-state index in [2.05, 4.69) is 9.71 Å². The topological polar surface area (TPSA) is 112 Å². The second-order valence-corrected chi connectivity index (χ2v) is 7.22. The van der Waals surface area contributed by atoms with E-state index in [1.165, 1.54) is 27.3 Å². The number of aromatic nitrogens is 3. The smallest absolute Gasteiger partial charge is 0.330 e. The van der Waals surface area contributed by atoms with E-state index in [0.29, 0.717) is 16.7 Å². The summed E-state index contributed by atoms with van der Waals surface area (Å²) in [5.74, 6) is 0.488. The Morgan fingerprint density at radius 3 is 2.58 bits per heavy atom. The number of hydrogen-bond acceptors (Lipinski definition) is 6. The number of nitrogens with one attached hydrogen (secondary N) is 1. The summed E-state index contributed by atoms with van der Waals surface area (Å²) in [5, 5.41) is 0.511. The lowest BCUT2D eigenvalue weighted by atomic mass is 10.2. The predicted molar refractivity (Wildman–Crippen MR) is 96.0 cm³/mol. The Hall–Kier alpha value is -3.14. The molecular formula is C16H16N4O5S. The third-order valence-corrected chi connectivity index (χ3v) is 5.25. The summed E-state index contributed by atoms with van der Waals surface area (Å²) >= 11 is 0. The maximum Gasteiger partial charge on any atom is 0.330 e. The summed E-state index contributed by atoms with van der Waals surface area (Å²) in [6.45, 7) is 0. The van der Waals surface area contributed by atoms with Crippen LogP contribution in [0.1, 0.15) is 0 Å². The first-order valence-electron chi connectivity index (χ1n) is 7.47. The molecule has 2 aromatic heterocycles. The molecule has 3 rings (SSSR count). The van der Waals surface area contributed by atoms with Gasteiger partial charge in [-0.2, -0.15) is 0 Å². The van der Waals surface area contributed by atoms with Crippen LogP contribution in [-0.4, -0.2) is 29.6 Å². The van der Waals surface area contributed by atoms with Crippen LogP contribution in [0, 0.1) is 0 Å². The Labute approximate surface area is 148 Å². The number of nitrogens with zero attached hydrogens (tertiary/aromatic N) is 3. The van der Waals surface area contributed by atoms with Gasteiger partial charge in [0.05, 0.1) is 12.8 Å². The molecule has 2 heterocycles. The average molecular weight is 376 g/mol. The Bertz CT molecular complexity index is 1230. The molecule has 136 valence electrons. The molecule has 0 saturated carbocycles. The lowest BCUT2D eigenvalue weighted by molar-refractivity contribution is 0.419. The zero-order valence-corrected chi connectivity index (χ0v) is 15.1. The van der Waals surface area contributed by atoms with Crippen molar-refractivity contribution in [2.24, 2.45) is 14.1 Å². The molecule has 0 saturated heterocycles. The molecule has 0 spiro atoms. The van der Waals surface area contributed by atoms with Gasteiger partial charge >= 0.3 is 5.69 Å². The van der Waals surface area contributed by atoms with Crippen LogP contribution in [0.3, 0.4) is 0 Å². The molecule has 0 radical (unpaired) electrons. The number of fused-ring (bicyclic) bond motifs is 1. The summed E-state index contributed by atoms with van der Waals surface area (Å²) in [5.41, 5.74) is -0.807. The highest BCUT2D eigenvalue weighted by molar-refractivity contribution is 7.92. The number of hydrogen-bond donors (Lipinski definition) is 1. The van der Waals surface area contributed by atoms with Crippen molar-refractivity contribution in [2.75, 3.05) is 11.8 Å². The van der Waals surface area contributed by atoms with Gasteiger partial charge in [-0.3, -0.25) is 19.1 Å². The first kappa shape index (κ1) is 17.7. The van der Waals surface area contributed by atoms with E-state index >= 15 is 0 Å². The number of sulfonamides is 1. The van der Waals surface area contributed by atoms with Gasteiger partial charge in [0.15, 0.2) is 4.90 Å². The summed E-state index contributed by atoms with van der Waals surface area (Å²) in [6.07, 6.45) is 2.56. The molecule has 0 bridgehead atoms. The molecule has 0 fully saturated rings. The standard InChI is InChI=1S/C16H16N4O5S/c1-19-9-13(15(21)20(2)16(19)22)26(23,24)18-11-6-7-12(25-3)14-10(11)5-4-8-17-14/h4-9,18H,1-3H3. The number of anilines is 1. The molecule has 9 nitrogen and oxygen atoms in total. The van der Waals surface area contributed by atoms with Crippen molar-refractivity contribution < 1.29 is 13.2 Å². The van der Waals surface area contributed by atoms with Crippen molar-refractivity contribution >= 4 is 26.6 Å². The minimum absolute atomic E-state index is 0.241. The molecule has 0 amide bonds. The molecule has 0 unspecified atom stereocenters. The minimum Gasteiger partial charge on any atom is -0.494 e. The van der Waals surface area contributed by atoms with Crippen LogP contribution in [0.2, 0.25) is 0 Å². The number of ether oxygens (including phenoxy) is 1. The van der Waals surface area contributed by atoms with Gasteiger partial charge in [-0.25, -0.2) is 13.2 Å². The Kier molecular flexibility index (Phi) is 4.28. The largest absolute Gasteiger partial charge is 0.494 e. The number of aryl methyl sites for hydroxylation is 1. The summed E-state index contributed by atoms with van der Waals surface area (Å²) < 4.78 is 34.9. The molecule has 3 aromatic rings. The molecular weight excluding hydrogens is 360 g/mol. The maximum atomic E-state index is 12.7. The van der Waals surface area contributed by atoms with Gasteiger partial charge in [0, 0.05) is 31.9 Å². The van der Waals surface area contributed by atoms with Crippen LogP contribution in [0.5, 0.6) is 5.75 Å². The van der Waals surface area contributed by atoms with Gasteiger partial charge in [0.25, 0.3) is 15.6 Å². The van der Waals surface area contributed by atoms with Crippen molar-refractivity contribution in [1.29, 1.82) is 0 Å². The second kappa shape index (κ2) is 6.30. The average Bonchev–Trinajstić information content (AvgIpc) is 2.63. The van der Waals surface area contributed by atoms with Crippen molar-refractivity contribution in [3.63, 3.8) is 0 Å². The highest BCUT2D eigenvalue weighted by atomic mass is 32.2. The first-order valence-corrected chi connectivity index (χ1v) is 8.96. The van der Waals surface area contributed by atoms with E-state index in [0.717, 1.165) is 15.3 Å². The first-order chi connectivity index (χ1) is 12.3. The molecule has 1 N–H and O–H groups in total. The fraction of sp³-hybridized carbons (Fsp3) is 0.188. The maximum absolute atomic E-state index is 12.7. The van der Waals surface area contributed by atoms with Crippen LogP contribution in [0.25, 0.3) is 10.9 Å². The minimum atomic E-state index is -4.23. The van der Waals surface area contributed by atoms with Gasteiger partial charge in [-0.15, -0.1) is 0 Å². The quantitative estimate of drug-likeness (QED) is 0.707. The van der Waals surface area contributed by atoms with Crippen LogP contribution >= 0.6 is 0 Å². The molecule has 0 atom stereocenters. The number of methoxy groups -OCH3 is 1. The fourth-order valence-electron chi connectivity index (χ4n) is 2.56. The van der Waals surface area contributed by atoms with Gasteiger partial charge in [0.2, 0.25) is 0 Å². The summed E-state index contributed by atoms with van der Waals surface area (Å²) in [7, 11) is -0.154. The van der Waals surface area contributed by atoms with Crippen LogP contribution in [0.15, 0.2) is 51.1 Å². The Morgan fingerprint density at radius 2 is 1.88 bits per heavy atom. The lowest BCUT2D eigenvalue weighted by Gasteiger charge is -2.13. The third kappa shape index (κ3) is 2.84. The van der Waals surface area contributed by atoms with E-state index in [1.54, 1.807) is 24.4 Å². The SMILES string of the molecule is COc1ccc(NS(=O)(=O)c2cn(C)c(=O)n(C)c2=O)c2cccnc12. The zero-order chi connectivity index (χ0) is 19.1. The molecule has 0 aliphatic heterocycles. The summed E-state index contributed by atoms with van der Waals surface area (Å²) in [6, 6.07) is 6.44. The summed E-state index contributed by atoms with van der Waals surface area (Å²) in [4.78, 5) is 27.7. The highest BCUT2D eigenvalue weighted by Gasteiger charge is 2.22. The number of rotatable bonds is 4. The van der Waals surface area contributed by atoms with Crippen LogP contribution < -0.4 is 20.7 Å². The molecule has 1 aromatic carbocycles. The van der Waals surface area contributed by atoms with E-state index < -0.39 is 26.2 Å². The molecule has 26 heavy (non-hydrogen) atoms. The van der Waals surface area contributed by atoms with E-state index in [-0.39, 0.29) is 5.69 Å². The second-order valence-electron chi connectivity index (χ2n) is 5.57. The monoisotopic (exact) mass is 376 g/mol. The van der Waals surface area contributed by atoms with E-state index in [1.807, 2.05) is 0 Å². The molecule has 10 heteroatoms. The van der Waals surface area contributed by atoms with Crippen molar-refractivity contribution in [2.45, 2.75) is 4.90 Å². The Morgan fingerprint density at radius 1 is 1.15 bits per heavy atom. The van der Waals surface area contributed by atoms with E-state index in [9.17, 15) is 18.0 Å². The lowest BCUT2D eigenvalue weighted by Crippen LogP contribution is -2.40. The molecule has 0 aliphatic carbocycles. The van der Waals surface area contributed by atoms with Gasteiger partial charge in [-0.05, 0) is 24.3 Å². The van der Waals surface area contributed by atoms with Crippen molar-refractivity contribution in [3.8, 4) is 5.75 Å². The zero-order valence-electron chi connectivity index (χ0n) is 14.3. The van der Waals surface area contributed by atoms with Crippen LogP contribution in [0.4, 0.5) is 5.69 Å². The normalized spacial score (nSPS) is 11.5. The van der Waals surface area contributed by atoms with Crippen LogP contribution in [-0.2, 0) is 24.1 Å². The highest BCUT2D eigenvalue weighted by Crippen LogP contribution is 2.30. The fourth-order valence-corrected chi connectivity index (χ4v) is 3.80. The Balaban J connectivity index is 2.17. The van der Waals surface area contributed by atoms with Gasteiger partial charge in [0.1, 0.15) is 11.3 Å². The predicted octanol–water partition coefficient (Wildman–Crippen LogP) is 0.442. The number of pyridine rings is 1. The van der Waals surface area contributed by atoms with Crippen molar-refractivity contribution in [1.82, 2.24) is 14.1 Å². The van der Waals surface area contributed by atoms with Gasteiger partial charge in [-0.1, -0.05) is 0 Å². The van der Waals surface area contributed by atoms with E-state index in [4.69, 9.17) is 4.74 Å².